The van der Waals surface area contributed by atoms with Gasteiger partial charge in [-0.1, -0.05) is 17.3 Å². The monoisotopic (exact) mass is 438 g/mol. The lowest BCUT2D eigenvalue weighted by Gasteiger charge is -2.08. The lowest BCUT2D eigenvalue weighted by atomic mass is 10.2. The Kier molecular flexibility index (Phi) is 5.89. The highest BCUT2D eigenvalue weighted by atomic mass is 32.1. The van der Waals surface area contributed by atoms with Gasteiger partial charge in [-0.2, -0.15) is 4.68 Å². The number of thiazole rings is 1. The molecule has 4 rings (SSSR count). The van der Waals surface area contributed by atoms with E-state index in [1.807, 2.05) is 12.1 Å². The van der Waals surface area contributed by atoms with Crippen LogP contribution in [0.2, 0.25) is 0 Å². The van der Waals surface area contributed by atoms with Crippen molar-refractivity contribution >= 4 is 28.2 Å². The Balaban J connectivity index is 1.42. The third kappa shape index (κ3) is 4.38. The molecule has 158 valence electrons. The fourth-order valence-electron chi connectivity index (χ4n) is 2.93. The number of carbonyl (C=O) groups is 1. The number of esters is 1. The Labute approximate surface area is 180 Å². The van der Waals surface area contributed by atoms with Crippen molar-refractivity contribution in [3.8, 4) is 22.1 Å². The van der Waals surface area contributed by atoms with Crippen LogP contribution in [-0.2, 0) is 22.7 Å². The highest BCUT2D eigenvalue weighted by Crippen LogP contribution is 2.33. The van der Waals surface area contributed by atoms with E-state index in [1.165, 1.54) is 11.3 Å². The Morgan fingerprint density at radius 2 is 1.90 bits per heavy atom. The zero-order chi connectivity index (χ0) is 21.8. The Morgan fingerprint density at radius 3 is 2.71 bits per heavy atom. The molecule has 0 unspecified atom stereocenters. The molecule has 9 nitrogen and oxygen atoms in total. The van der Waals surface area contributed by atoms with Gasteiger partial charge in [0.25, 0.3) is 5.56 Å². The molecule has 2 aromatic heterocycles. The molecule has 0 saturated carbocycles. The normalized spacial score (nSPS) is 10.8. The number of hydrogen-bond donors (Lipinski definition) is 0. The van der Waals surface area contributed by atoms with Crippen molar-refractivity contribution in [1.29, 1.82) is 0 Å². The second-order valence-electron chi connectivity index (χ2n) is 6.45. The third-order valence-corrected chi connectivity index (χ3v) is 5.43. The molecule has 0 saturated heterocycles. The van der Waals surface area contributed by atoms with E-state index in [0.717, 1.165) is 15.3 Å². The van der Waals surface area contributed by atoms with Crippen LogP contribution in [0.15, 0.2) is 52.6 Å². The van der Waals surface area contributed by atoms with Crippen molar-refractivity contribution in [2.75, 3.05) is 14.2 Å². The lowest BCUT2D eigenvalue weighted by molar-refractivity contribution is -0.147. The van der Waals surface area contributed by atoms with Gasteiger partial charge in [-0.3, -0.25) is 9.59 Å². The van der Waals surface area contributed by atoms with Crippen LogP contribution in [-0.4, -0.2) is 40.2 Å². The van der Waals surface area contributed by atoms with Crippen molar-refractivity contribution < 1.29 is 19.0 Å². The summed E-state index contributed by atoms with van der Waals surface area (Å²) in [5, 5.41) is 10.7. The third-order valence-electron chi connectivity index (χ3n) is 4.48. The summed E-state index contributed by atoms with van der Waals surface area (Å²) >= 11 is 1.40. The number of nitrogens with zero attached hydrogens (tertiary/aromatic N) is 4. The van der Waals surface area contributed by atoms with Gasteiger partial charge in [0.05, 0.1) is 31.7 Å². The maximum Gasteiger partial charge on any atom is 0.313 e. The van der Waals surface area contributed by atoms with Crippen LogP contribution in [0.3, 0.4) is 0 Å². The van der Waals surface area contributed by atoms with E-state index in [2.05, 4.69) is 15.3 Å². The maximum absolute atomic E-state index is 12.4. The van der Waals surface area contributed by atoms with Gasteiger partial charge in [-0.05, 0) is 30.3 Å². The van der Waals surface area contributed by atoms with Crippen molar-refractivity contribution in [3.63, 3.8) is 0 Å². The quantitative estimate of drug-likeness (QED) is 0.406. The van der Waals surface area contributed by atoms with E-state index in [4.69, 9.17) is 14.2 Å². The van der Waals surface area contributed by atoms with Gasteiger partial charge in [0.2, 0.25) is 0 Å². The lowest BCUT2D eigenvalue weighted by Crippen LogP contribution is -2.26. The number of rotatable bonds is 7. The van der Waals surface area contributed by atoms with Crippen molar-refractivity contribution in [1.82, 2.24) is 20.0 Å². The Bertz CT molecular complexity index is 1300. The first-order chi connectivity index (χ1) is 15.1. The van der Waals surface area contributed by atoms with Crippen LogP contribution in [0.4, 0.5) is 0 Å². The molecule has 0 aliphatic heterocycles. The zero-order valence-corrected chi connectivity index (χ0v) is 17.6. The van der Waals surface area contributed by atoms with E-state index in [9.17, 15) is 9.59 Å². The molecule has 0 radical (unpaired) electrons. The average molecular weight is 438 g/mol. The van der Waals surface area contributed by atoms with Crippen LogP contribution < -0.4 is 15.0 Å². The first-order valence-electron chi connectivity index (χ1n) is 9.24. The van der Waals surface area contributed by atoms with Gasteiger partial charge < -0.3 is 14.2 Å². The van der Waals surface area contributed by atoms with Crippen LogP contribution in [0.1, 0.15) is 5.69 Å². The fourth-order valence-corrected chi connectivity index (χ4v) is 3.75. The molecule has 0 aliphatic rings. The highest BCUT2D eigenvalue weighted by Gasteiger charge is 2.13. The maximum atomic E-state index is 12.4. The summed E-state index contributed by atoms with van der Waals surface area (Å²) in [5.41, 5.74) is 1.53. The van der Waals surface area contributed by atoms with Crippen LogP contribution >= 0.6 is 11.3 Å². The number of benzene rings is 2. The molecule has 0 aliphatic carbocycles. The summed E-state index contributed by atoms with van der Waals surface area (Å²) < 4.78 is 16.8. The van der Waals surface area contributed by atoms with E-state index >= 15 is 0 Å². The first-order valence-corrected chi connectivity index (χ1v) is 10.1. The van der Waals surface area contributed by atoms with E-state index in [0.29, 0.717) is 28.1 Å². The summed E-state index contributed by atoms with van der Waals surface area (Å²) in [5.74, 6) is 0.697. The molecule has 0 bridgehead atoms. The smallest absolute Gasteiger partial charge is 0.313 e. The van der Waals surface area contributed by atoms with Crippen LogP contribution in [0.5, 0.6) is 11.5 Å². The average Bonchev–Trinajstić information content (AvgIpc) is 3.26. The molecule has 4 aromatic rings. The second-order valence-corrected chi connectivity index (χ2v) is 7.31. The minimum atomic E-state index is -0.522. The van der Waals surface area contributed by atoms with E-state index < -0.39 is 5.97 Å². The van der Waals surface area contributed by atoms with E-state index in [1.54, 1.807) is 49.9 Å². The fraction of sp³-hybridized carbons (Fsp3) is 0.190. The Morgan fingerprint density at radius 1 is 1.10 bits per heavy atom. The van der Waals surface area contributed by atoms with Crippen molar-refractivity contribution in [2.45, 2.75) is 13.2 Å². The van der Waals surface area contributed by atoms with Crippen molar-refractivity contribution in [2.24, 2.45) is 0 Å². The molecular formula is C21H18N4O5S. The summed E-state index contributed by atoms with van der Waals surface area (Å²) in [6.07, 6.45) is -0.0282. The van der Waals surface area contributed by atoms with Crippen LogP contribution in [0, 0.1) is 0 Å². The highest BCUT2D eigenvalue weighted by molar-refractivity contribution is 7.13. The van der Waals surface area contributed by atoms with Crippen molar-refractivity contribution in [3.05, 3.63) is 63.9 Å². The molecule has 10 heteroatoms. The molecule has 31 heavy (non-hydrogen) atoms. The van der Waals surface area contributed by atoms with Gasteiger partial charge in [-0.25, -0.2) is 4.98 Å². The number of ether oxygens (including phenoxy) is 3. The molecule has 0 atom stereocenters. The molecule has 0 N–H and O–H groups in total. The SMILES string of the molecule is COc1ccc(-c2nc(CC(=O)OCn3nnc4ccccc4c3=O)cs2)cc1OC. The number of hydrogen-bond acceptors (Lipinski definition) is 9. The number of carbonyl (C=O) groups excluding carboxylic acids is 1. The minimum absolute atomic E-state index is 0.0282. The molecule has 0 spiro atoms. The van der Waals surface area contributed by atoms with Gasteiger partial charge in [0, 0.05) is 10.9 Å². The largest absolute Gasteiger partial charge is 0.493 e. The minimum Gasteiger partial charge on any atom is -0.493 e. The summed E-state index contributed by atoms with van der Waals surface area (Å²) in [7, 11) is 3.14. The van der Waals surface area contributed by atoms with E-state index in [-0.39, 0.29) is 18.7 Å². The van der Waals surface area contributed by atoms with Crippen LogP contribution in [0.25, 0.3) is 21.5 Å². The summed E-state index contributed by atoms with van der Waals surface area (Å²) in [4.78, 5) is 29.1. The zero-order valence-electron chi connectivity index (χ0n) is 16.8. The van der Waals surface area contributed by atoms with Gasteiger partial charge in [0.1, 0.15) is 10.5 Å². The number of fused-ring (bicyclic) bond motifs is 1. The van der Waals surface area contributed by atoms with Gasteiger partial charge in [0.15, 0.2) is 18.2 Å². The molecule has 0 amide bonds. The molecular weight excluding hydrogens is 420 g/mol. The predicted molar refractivity (Wildman–Crippen MR) is 114 cm³/mol. The van der Waals surface area contributed by atoms with Gasteiger partial charge >= 0.3 is 5.97 Å². The summed E-state index contributed by atoms with van der Waals surface area (Å²) in [6.45, 7) is -0.317. The molecule has 0 fully saturated rings. The predicted octanol–water partition coefficient (Wildman–Crippen LogP) is 2.68. The molecule has 2 heterocycles. The topological polar surface area (TPSA) is 105 Å². The standard InChI is InChI=1S/C21H18N4O5S/c1-28-17-8-7-13(9-18(17)29-2)20-22-14(11-31-20)10-19(26)30-12-25-21(27)15-5-3-4-6-16(15)23-24-25/h3-9,11H,10,12H2,1-2H3. The number of methoxy groups -OCH3 is 2. The first kappa shape index (κ1) is 20.5. The molecule has 2 aromatic carbocycles. The van der Waals surface area contributed by atoms with Gasteiger partial charge in [-0.15, -0.1) is 16.4 Å². The Hall–Kier alpha value is -3.79. The second kappa shape index (κ2) is 8.92. The summed E-state index contributed by atoms with van der Waals surface area (Å²) in [6, 6.07) is 12.3. The number of aromatic nitrogens is 4.